The first-order chi connectivity index (χ1) is 11.2. The van der Waals surface area contributed by atoms with Gasteiger partial charge in [0.2, 0.25) is 0 Å². The van der Waals surface area contributed by atoms with Crippen LogP contribution in [0, 0.1) is 6.92 Å². The van der Waals surface area contributed by atoms with E-state index in [0.29, 0.717) is 5.69 Å². The van der Waals surface area contributed by atoms with Crippen LogP contribution in [0.3, 0.4) is 0 Å². The average Bonchev–Trinajstić information content (AvgIpc) is 2.92. The van der Waals surface area contributed by atoms with Gasteiger partial charge in [-0.15, -0.1) is 5.10 Å². The molecule has 8 nitrogen and oxygen atoms in total. The molecule has 24 heavy (non-hydrogen) atoms. The third-order valence-electron chi connectivity index (χ3n) is 4.23. The Morgan fingerprint density at radius 3 is 2.50 bits per heavy atom. The number of carbonyl (C=O) groups is 1. The van der Waals surface area contributed by atoms with Crippen LogP contribution in [0.1, 0.15) is 19.0 Å². The molecule has 0 spiro atoms. The number of hydrogen-bond acceptors (Lipinski definition) is 6. The predicted molar refractivity (Wildman–Crippen MR) is 88.0 cm³/mol. The van der Waals surface area contributed by atoms with Crippen LogP contribution in [0.25, 0.3) is 11.3 Å². The van der Waals surface area contributed by atoms with E-state index in [-0.39, 0.29) is 13.0 Å². The highest BCUT2D eigenvalue weighted by Gasteiger charge is 2.43. The third-order valence-corrected chi connectivity index (χ3v) is 6.26. The molecule has 0 aliphatic rings. The van der Waals surface area contributed by atoms with Crippen LogP contribution in [-0.4, -0.2) is 45.5 Å². The molecule has 0 aliphatic heterocycles. The summed E-state index contributed by atoms with van der Waals surface area (Å²) in [5.41, 5.74) is 3.80. The molecule has 130 valence electrons. The predicted octanol–water partition coefficient (Wildman–Crippen LogP) is 0.952. The fourth-order valence-corrected chi connectivity index (χ4v) is 3.18. The first kappa shape index (κ1) is 18.1. The fourth-order valence-electron chi connectivity index (χ4n) is 2.34. The highest BCUT2D eigenvalue weighted by atomic mass is 32.2. The maximum absolute atomic E-state index is 12.0. The zero-order valence-corrected chi connectivity index (χ0v) is 14.5. The first-order valence-corrected chi connectivity index (χ1v) is 9.19. The van der Waals surface area contributed by atoms with Crippen LogP contribution in [0.4, 0.5) is 0 Å². The quantitative estimate of drug-likeness (QED) is 0.591. The number of amides is 1. The van der Waals surface area contributed by atoms with E-state index >= 15 is 0 Å². The Morgan fingerprint density at radius 2 is 1.96 bits per heavy atom. The van der Waals surface area contributed by atoms with E-state index in [0.717, 1.165) is 17.5 Å². The van der Waals surface area contributed by atoms with Crippen molar-refractivity contribution in [1.82, 2.24) is 20.5 Å². The second-order valence-corrected chi connectivity index (χ2v) is 8.25. The van der Waals surface area contributed by atoms with Crippen molar-refractivity contribution in [3.05, 3.63) is 36.0 Å². The number of carbonyl (C=O) groups excluding carboxylic acids is 1. The number of sulfone groups is 1. The number of nitrogens with one attached hydrogen (secondary N) is 1. The number of hydrogen-bond donors (Lipinski definition) is 2. The van der Waals surface area contributed by atoms with Crippen molar-refractivity contribution in [3.63, 3.8) is 0 Å². The molecule has 0 bridgehead atoms. The van der Waals surface area contributed by atoms with Crippen molar-refractivity contribution in [2.75, 3.05) is 6.26 Å². The van der Waals surface area contributed by atoms with Gasteiger partial charge in [0.1, 0.15) is 5.69 Å². The van der Waals surface area contributed by atoms with Crippen LogP contribution >= 0.6 is 0 Å². The fraction of sp³-hybridized carbons (Fsp3) is 0.400. The van der Waals surface area contributed by atoms with Crippen LogP contribution in [0.2, 0.25) is 0 Å². The Kier molecular flexibility index (Phi) is 5.05. The number of aromatic nitrogens is 3. The van der Waals surface area contributed by atoms with Gasteiger partial charge in [0.05, 0.1) is 5.69 Å². The number of benzene rings is 1. The lowest BCUT2D eigenvalue weighted by atomic mass is 10.1. The highest BCUT2D eigenvalue weighted by molar-refractivity contribution is 7.92. The monoisotopic (exact) mass is 352 g/mol. The molecule has 1 aromatic carbocycles. The molecule has 9 heteroatoms. The van der Waals surface area contributed by atoms with Gasteiger partial charge in [-0.2, -0.15) is 0 Å². The minimum Gasteiger partial charge on any atom is -0.289 e. The molecule has 0 aliphatic carbocycles. The molecule has 1 unspecified atom stereocenters. The average molecular weight is 352 g/mol. The van der Waals surface area contributed by atoms with Crippen LogP contribution in [-0.2, 0) is 21.2 Å². The van der Waals surface area contributed by atoms with Crippen molar-refractivity contribution in [2.24, 2.45) is 0 Å². The highest BCUT2D eigenvalue weighted by Crippen LogP contribution is 2.24. The molecule has 1 heterocycles. The summed E-state index contributed by atoms with van der Waals surface area (Å²) in [6.45, 7) is 3.27. The van der Waals surface area contributed by atoms with E-state index in [1.807, 2.05) is 37.3 Å². The topological polar surface area (TPSA) is 114 Å². The maximum atomic E-state index is 12.0. The van der Waals surface area contributed by atoms with Crippen molar-refractivity contribution in [1.29, 1.82) is 0 Å². The molecule has 2 aromatic rings. The van der Waals surface area contributed by atoms with Crippen molar-refractivity contribution < 1.29 is 18.4 Å². The third kappa shape index (κ3) is 3.31. The van der Waals surface area contributed by atoms with Crippen molar-refractivity contribution in [2.45, 2.75) is 31.6 Å². The summed E-state index contributed by atoms with van der Waals surface area (Å²) in [5, 5.41) is 17.0. The standard InChI is InChI=1S/C15H20N4O4S/c1-11-13(12-7-5-4-6-8-12)16-18-19(11)10-9-15(2,14(20)17-21)24(3,22)23/h4-8,21H,9-10H2,1-3H3,(H,17,20). The van der Waals surface area contributed by atoms with E-state index < -0.39 is 20.5 Å². The largest absolute Gasteiger partial charge is 0.289 e. The SMILES string of the molecule is Cc1c(-c2ccccc2)nnn1CCC(C)(C(=O)NO)S(C)(=O)=O. The lowest BCUT2D eigenvalue weighted by Gasteiger charge is -2.25. The molecule has 0 saturated carbocycles. The van der Waals surface area contributed by atoms with Gasteiger partial charge in [-0.1, -0.05) is 35.5 Å². The Morgan fingerprint density at radius 1 is 1.33 bits per heavy atom. The Balaban J connectivity index is 2.26. The lowest BCUT2D eigenvalue weighted by molar-refractivity contribution is -0.131. The van der Waals surface area contributed by atoms with Gasteiger partial charge < -0.3 is 0 Å². The van der Waals surface area contributed by atoms with Gasteiger partial charge in [0, 0.05) is 18.4 Å². The number of hydroxylamine groups is 1. The number of aryl methyl sites for hydroxylation is 1. The molecule has 2 N–H and O–H groups in total. The first-order valence-electron chi connectivity index (χ1n) is 7.30. The molecule has 1 atom stereocenters. The second kappa shape index (κ2) is 6.70. The van der Waals surface area contributed by atoms with Crippen LogP contribution < -0.4 is 5.48 Å². The summed E-state index contributed by atoms with van der Waals surface area (Å²) < 4.78 is 23.7. The summed E-state index contributed by atoms with van der Waals surface area (Å²) in [6.07, 6.45) is 0.919. The van der Waals surface area contributed by atoms with Gasteiger partial charge in [0.15, 0.2) is 14.6 Å². The summed E-state index contributed by atoms with van der Waals surface area (Å²) >= 11 is 0. The van der Waals surface area contributed by atoms with E-state index in [1.165, 1.54) is 12.4 Å². The normalized spacial score (nSPS) is 14.2. The Hall–Kier alpha value is -2.26. The number of rotatable bonds is 6. The van der Waals surface area contributed by atoms with E-state index in [2.05, 4.69) is 10.3 Å². The van der Waals surface area contributed by atoms with E-state index in [1.54, 1.807) is 4.68 Å². The smallest absolute Gasteiger partial charge is 0.264 e. The second-order valence-electron chi connectivity index (χ2n) is 5.81. The molecule has 1 amide bonds. The van der Waals surface area contributed by atoms with Crippen molar-refractivity contribution >= 4 is 15.7 Å². The minimum absolute atomic E-state index is 0.0450. The summed E-state index contributed by atoms with van der Waals surface area (Å²) in [7, 11) is -3.74. The van der Waals surface area contributed by atoms with Gasteiger partial charge >= 0.3 is 0 Å². The molecule has 0 saturated heterocycles. The Labute approximate surface area is 140 Å². The summed E-state index contributed by atoms with van der Waals surface area (Å²) in [6, 6.07) is 9.48. The van der Waals surface area contributed by atoms with Gasteiger partial charge in [-0.25, -0.2) is 18.6 Å². The zero-order valence-electron chi connectivity index (χ0n) is 13.7. The molecular formula is C15H20N4O4S. The minimum atomic E-state index is -3.74. The molecule has 2 rings (SSSR count). The molecule has 0 fully saturated rings. The summed E-state index contributed by atoms with van der Waals surface area (Å²) in [4.78, 5) is 11.8. The van der Waals surface area contributed by atoms with Gasteiger partial charge in [0.25, 0.3) is 5.91 Å². The van der Waals surface area contributed by atoms with Crippen LogP contribution in [0.5, 0.6) is 0 Å². The molecule has 0 radical (unpaired) electrons. The summed E-state index contributed by atoms with van der Waals surface area (Å²) in [5.74, 6) is -0.967. The number of nitrogens with zero attached hydrogens (tertiary/aromatic N) is 3. The van der Waals surface area contributed by atoms with Crippen molar-refractivity contribution in [3.8, 4) is 11.3 Å². The lowest BCUT2D eigenvalue weighted by Crippen LogP contribution is -2.49. The maximum Gasteiger partial charge on any atom is 0.264 e. The van der Waals surface area contributed by atoms with Gasteiger partial charge in [-0.05, 0) is 20.3 Å². The molecular weight excluding hydrogens is 332 g/mol. The van der Waals surface area contributed by atoms with Gasteiger partial charge in [-0.3, -0.25) is 10.0 Å². The van der Waals surface area contributed by atoms with Crippen LogP contribution in [0.15, 0.2) is 30.3 Å². The zero-order chi connectivity index (χ0) is 18.0. The van der Waals surface area contributed by atoms with E-state index in [9.17, 15) is 13.2 Å². The molecule has 1 aromatic heterocycles. The Bertz CT molecular complexity index is 832. The van der Waals surface area contributed by atoms with E-state index in [4.69, 9.17) is 5.21 Å².